The highest BCUT2D eigenvalue weighted by Crippen LogP contribution is 2.31. The molecule has 0 saturated carbocycles. The number of fused-ring (bicyclic) bond motifs is 1. The van der Waals surface area contributed by atoms with Crippen LogP contribution in [-0.4, -0.2) is 22.5 Å². The minimum Gasteiger partial charge on any atom is -0.508 e. The Hall–Kier alpha value is -2.10. The SMILES string of the molecule is N#C/C(=C\c1ccc(O)cc1)C(=O)N1CCc2sc(Br)cc2C1. The molecule has 0 unspecified atom stereocenters. The maximum Gasteiger partial charge on any atom is 0.264 e. The number of phenols is 1. The summed E-state index contributed by atoms with van der Waals surface area (Å²) in [5.74, 6) is -0.105. The number of hydrogen-bond donors (Lipinski definition) is 1. The predicted octanol–water partition coefficient (Wildman–Crippen LogP) is 3.71. The molecule has 1 amide bonds. The van der Waals surface area contributed by atoms with Crippen molar-refractivity contribution in [1.29, 1.82) is 5.26 Å². The van der Waals surface area contributed by atoms with Crippen LogP contribution in [0.5, 0.6) is 5.75 Å². The van der Waals surface area contributed by atoms with Gasteiger partial charge in [-0.1, -0.05) is 12.1 Å². The summed E-state index contributed by atoms with van der Waals surface area (Å²) in [4.78, 5) is 15.6. The molecule has 23 heavy (non-hydrogen) atoms. The zero-order valence-corrected chi connectivity index (χ0v) is 14.5. The Morgan fingerprint density at radius 2 is 2.13 bits per heavy atom. The second-order valence-corrected chi connectivity index (χ2v) is 7.75. The Balaban J connectivity index is 1.81. The summed E-state index contributed by atoms with van der Waals surface area (Å²) in [6.45, 7) is 1.15. The van der Waals surface area contributed by atoms with Gasteiger partial charge in [-0.05, 0) is 57.8 Å². The lowest BCUT2D eigenvalue weighted by molar-refractivity contribution is -0.127. The monoisotopic (exact) mass is 388 g/mol. The van der Waals surface area contributed by atoms with Crippen molar-refractivity contribution in [3.63, 3.8) is 0 Å². The maximum atomic E-state index is 12.6. The number of hydrogen-bond acceptors (Lipinski definition) is 4. The molecule has 3 rings (SSSR count). The molecule has 0 radical (unpaired) electrons. The van der Waals surface area contributed by atoms with E-state index in [1.807, 2.05) is 12.1 Å². The number of thiophene rings is 1. The van der Waals surface area contributed by atoms with E-state index >= 15 is 0 Å². The number of benzene rings is 1. The third-order valence-electron chi connectivity index (χ3n) is 3.68. The molecule has 0 fully saturated rings. The fourth-order valence-electron chi connectivity index (χ4n) is 2.52. The zero-order valence-electron chi connectivity index (χ0n) is 12.1. The number of rotatable bonds is 2. The molecule has 116 valence electrons. The average molecular weight is 389 g/mol. The summed E-state index contributed by atoms with van der Waals surface area (Å²) >= 11 is 5.17. The van der Waals surface area contributed by atoms with Gasteiger partial charge in [0.2, 0.25) is 0 Å². The average Bonchev–Trinajstić information content (AvgIpc) is 2.92. The van der Waals surface area contributed by atoms with E-state index in [1.165, 1.54) is 17.0 Å². The molecule has 0 spiro atoms. The van der Waals surface area contributed by atoms with Gasteiger partial charge in [0.05, 0.1) is 3.79 Å². The Kier molecular flexibility index (Phi) is 4.51. The maximum absolute atomic E-state index is 12.6. The fourth-order valence-corrected chi connectivity index (χ4v) is 4.27. The largest absolute Gasteiger partial charge is 0.508 e. The van der Waals surface area contributed by atoms with Gasteiger partial charge in [-0.25, -0.2) is 0 Å². The van der Waals surface area contributed by atoms with Crippen molar-refractivity contribution < 1.29 is 9.90 Å². The molecule has 4 nitrogen and oxygen atoms in total. The van der Waals surface area contributed by atoms with E-state index in [-0.39, 0.29) is 17.2 Å². The van der Waals surface area contributed by atoms with Gasteiger partial charge < -0.3 is 10.0 Å². The van der Waals surface area contributed by atoms with Gasteiger partial charge in [-0.15, -0.1) is 11.3 Å². The fraction of sp³-hybridized carbons (Fsp3) is 0.176. The van der Waals surface area contributed by atoms with E-state index in [0.717, 1.165) is 15.8 Å². The number of halogens is 1. The first-order chi connectivity index (χ1) is 11.1. The molecule has 1 aliphatic rings. The summed E-state index contributed by atoms with van der Waals surface area (Å²) < 4.78 is 1.07. The van der Waals surface area contributed by atoms with Crippen molar-refractivity contribution in [3.05, 3.63) is 55.7 Å². The lowest BCUT2D eigenvalue weighted by Gasteiger charge is -2.26. The molecule has 0 aliphatic carbocycles. The van der Waals surface area contributed by atoms with Gasteiger partial charge in [-0.3, -0.25) is 4.79 Å². The van der Waals surface area contributed by atoms with E-state index in [0.29, 0.717) is 18.7 Å². The normalized spacial score (nSPS) is 14.3. The Morgan fingerprint density at radius 3 is 2.83 bits per heavy atom. The third-order valence-corrected chi connectivity index (χ3v) is 5.42. The first kappa shape index (κ1) is 15.8. The van der Waals surface area contributed by atoms with E-state index in [9.17, 15) is 15.2 Å². The predicted molar refractivity (Wildman–Crippen MR) is 92.8 cm³/mol. The summed E-state index contributed by atoms with van der Waals surface area (Å²) in [6.07, 6.45) is 2.37. The molecule has 2 heterocycles. The standard InChI is InChI=1S/C17H13BrN2O2S/c18-16-8-13-10-20(6-5-15(13)23-16)17(22)12(9-19)7-11-1-3-14(21)4-2-11/h1-4,7-8,21H,5-6,10H2/b12-7+. The van der Waals surface area contributed by atoms with Crippen LogP contribution in [0.4, 0.5) is 0 Å². The first-order valence-corrected chi connectivity index (χ1v) is 8.65. The van der Waals surface area contributed by atoms with Crippen molar-refractivity contribution in [3.8, 4) is 11.8 Å². The van der Waals surface area contributed by atoms with Crippen molar-refractivity contribution in [2.75, 3.05) is 6.54 Å². The molecule has 1 aromatic heterocycles. The minimum atomic E-state index is -0.256. The van der Waals surface area contributed by atoms with E-state index in [4.69, 9.17) is 0 Å². The van der Waals surface area contributed by atoms with Gasteiger partial charge in [0, 0.05) is 18.0 Å². The van der Waals surface area contributed by atoms with Crippen LogP contribution >= 0.6 is 27.3 Å². The van der Waals surface area contributed by atoms with Gasteiger partial charge in [-0.2, -0.15) is 5.26 Å². The molecule has 0 atom stereocenters. The van der Waals surface area contributed by atoms with Crippen LogP contribution in [0.25, 0.3) is 6.08 Å². The summed E-state index contributed by atoms with van der Waals surface area (Å²) in [7, 11) is 0. The molecule has 1 N–H and O–H groups in total. The van der Waals surface area contributed by atoms with Crippen molar-refractivity contribution in [2.45, 2.75) is 13.0 Å². The van der Waals surface area contributed by atoms with Crippen molar-refractivity contribution in [2.24, 2.45) is 0 Å². The molecule has 6 heteroatoms. The molecule has 0 bridgehead atoms. The number of carbonyl (C=O) groups excluding carboxylic acids is 1. The molecule has 2 aromatic rings. The van der Waals surface area contributed by atoms with Crippen LogP contribution in [0.2, 0.25) is 0 Å². The summed E-state index contributed by atoms with van der Waals surface area (Å²) in [5.41, 5.74) is 1.96. The zero-order chi connectivity index (χ0) is 16.4. The van der Waals surface area contributed by atoms with E-state index in [2.05, 4.69) is 15.9 Å². The number of amides is 1. The van der Waals surface area contributed by atoms with E-state index < -0.39 is 0 Å². The molecular formula is C17H13BrN2O2S. The molecule has 0 saturated heterocycles. The lowest BCUT2D eigenvalue weighted by atomic mass is 10.1. The number of nitriles is 1. The van der Waals surface area contributed by atoms with Crippen LogP contribution in [-0.2, 0) is 17.8 Å². The first-order valence-electron chi connectivity index (χ1n) is 7.04. The third kappa shape index (κ3) is 3.46. The van der Waals surface area contributed by atoms with Crippen molar-refractivity contribution in [1.82, 2.24) is 4.90 Å². The lowest BCUT2D eigenvalue weighted by Crippen LogP contribution is -2.36. The topological polar surface area (TPSA) is 64.3 Å². The number of nitrogens with zero attached hydrogens (tertiary/aromatic N) is 2. The Bertz CT molecular complexity index is 818. The van der Waals surface area contributed by atoms with Crippen LogP contribution < -0.4 is 0 Å². The number of aromatic hydroxyl groups is 1. The quantitative estimate of drug-likeness (QED) is 0.629. The van der Waals surface area contributed by atoms with E-state index in [1.54, 1.807) is 34.4 Å². The van der Waals surface area contributed by atoms with Crippen LogP contribution in [0.3, 0.4) is 0 Å². The van der Waals surface area contributed by atoms with Gasteiger partial charge in [0.15, 0.2) is 0 Å². The molecule has 1 aromatic carbocycles. The molecule has 1 aliphatic heterocycles. The summed E-state index contributed by atoms with van der Waals surface area (Å²) in [6, 6.07) is 10.4. The highest BCUT2D eigenvalue weighted by atomic mass is 79.9. The highest BCUT2D eigenvalue weighted by Gasteiger charge is 2.24. The summed E-state index contributed by atoms with van der Waals surface area (Å²) in [5, 5.41) is 18.6. The van der Waals surface area contributed by atoms with Gasteiger partial charge in [0.25, 0.3) is 5.91 Å². The molecular weight excluding hydrogens is 376 g/mol. The highest BCUT2D eigenvalue weighted by molar-refractivity contribution is 9.11. The smallest absolute Gasteiger partial charge is 0.264 e. The second-order valence-electron chi connectivity index (χ2n) is 5.24. The van der Waals surface area contributed by atoms with Gasteiger partial charge >= 0.3 is 0 Å². The second kappa shape index (κ2) is 6.57. The Morgan fingerprint density at radius 1 is 1.39 bits per heavy atom. The minimum absolute atomic E-state index is 0.105. The van der Waals surface area contributed by atoms with Crippen molar-refractivity contribution >= 4 is 39.2 Å². The Labute approximate surface area is 146 Å². The van der Waals surface area contributed by atoms with Crippen LogP contribution in [0, 0.1) is 11.3 Å². The number of carbonyl (C=O) groups is 1. The number of phenolic OH excluding ortho intramolecular Hbond substituents is 1. The van der Waals surface area contributed by atoms with Crippen LogP contribution in [0.15, 0.2) is 39.7 Å². The van der Waals surface area contributed by atoms with Crippen LogP contribution in [0.1, 0.15) is 16.0 Å². The van der Waals surface area contributed by atoms with Gasteiger partial charge in [0.1, 0.15) is 17.4 Å².